The molecule has 0 radical (unpaired) electrons. The van der Waals surface area contributed by atoms with Gasteiger partial charge in [-0.25, -0.2) is 9.37 Å². The number of anilines is 1. The molecule has 1 fully saturated rings. The van der Waals surface area contributed by atoms with Crippen LogP contribution < -0.4 is 4.90 Å². The molecule has 0 saturated carbocycles. The van der Waals surface area contributed by atoms with Crippen molar-refractivity contribution >= 4 is 29.1 Å². The fraction of sp³-hybridized carbons (Fsp3) is 0.348. The Balaban J connectivity index is 1.52. The quantitative estimate of drug-likeness (QED) is 0.454. The second-order valence-electron chi connectivity index (χ2n) is 7.48. The molecule has 2 aromatic carbocycles. The number of aromatic nitrogens is 2. The van der Waals surface area contributed by atoms with Crippen LogP contribution >= 0.6 is 23.4 Å². The van der Waals surface area contributed by atoms with Crippen molar-refractivity contribution < 1.29 is 9.13 Å². The van der Waals surface area contributed by atoms with Gasteiger partial charge in [0.15, 0.2) is 5.16 Å². The molecule has 1 saturated heterocycles. The maximum Gasteiger partial charge on any atom is 0.172 e. The van der Waals surface area contributed by atoms with Gasteiger partial charge in [-0.1, -0.05) is 23.4 Å². The topological polar surface area (TPSA) is 33.5 Å². The molecule has 31 heavy (non-hydrogen) atoms. The Bertz CT molecular complexity index is 974. The molecule has 0 atom stereocenters. The first-order valence-electron chi connectivity index (χ1n) is 10.3. The molecule has 3 aromatic rings. The van der Waals surface area contributed by atoms with Gasteiger partial charge in [-0.05, 0) is 48.5 Å². The van der Waals surface area contributed by atoms with E-state index in [1.807, 2.05) is 37.5 Å². The molecule has 1 aromatic heterocycles. The summed E-state index contributed by atoms with van der Waals surface area (Å²) in [5.41, 5.74) is 3.04. The lowest BCUT2D eigenvalue weighted by Crippen LogP contribution is -2.37. The zero-order valence-corrected chi connectivity index (χ0v) is 19.1. The molecule has 0 amide bonds. The number of hydrogen-bond donors (Lipinski definition) is 0. The SMILES string of the molecule is CN(Cc1cnc(SCCN2CCOCC2)n1-c1ccc(Cl)cc1)c1ccc(F)cc1. The third kappa shape index (κ3) is 5.80. The van der Waals surface area contributed by atoms with Crippen LogP contribution in [0.15, 0.2) is 59.9 Å². The number of nitrogens with zero attached hydrogens (tertiary/aromatic N) is 4. The van der Waals surface area contributed by atoms with Crippen molar-refractivity contribution in [3.05, 3.63) is 71.3 Å². The van der Waals surface area contributed by atoms with E-state index in [0.29, 0.717) is 11.6 Å². The maximum absolute atomic E-state index is 13.3. The van der Waals surface area contributed by atoms with Crippen LogP contribution in [-0.4, -0.2) is 60.1 Å². The smallest absolute Gasteiger partial charge is 0.172 e. The second kappa shape index (κ2) is 10.5. The first-order valence-corrected chi connectivity index (χ1v) is 11.7. The summed E-state index contributed by atoms with van der Waals surface area (Å²) in [7, 11) is 2.00. The number of morpholine rings is 1. The van der Waals surface area contributed by atoms with E-state index in [9.17, 15) is 4.39 Å². The minimum absolute atomic E-state index is 0.234. The third-order valence-corrected chi connectivity index (χ3v) is 6.48. The van der Waals surface area contributed by atoms with Crippen LogP contribution in [-0.2, 0) is 11.3 Å². The van der Waals surface area contributed by atoms with Gasteiger partial charge in [0.25, 0.3) is 0 Å². The van der Waals surface area contributed by atoms with E-state index in [1.165, 1.54) is 12.1 Å². The van der Waals surface area contributed by atoms with E-state index in [4.69, 9.17) is 21.3 Å². The molecule has 0 unspecified atom stereocenters. The molecule has 2 heterocycles. The average molecular weight is 461 g/mol. The van der Waals surface area contributed by atoms with Gasteiger partial charge < -0.3 is 9.64 Å². The Hall–Kier alpha value is -2.06. The summed E-state index contributed by atoms with van der Waals surface area (Å²) >= 11 is 7.87. The van der Waals surface area contributed by atoms with E-state index in [2.05, 4.69) is 14.4 Å². The lowest BCUT2D eigenvalue weighted by atomic mass is 10.2. The highest BCUT2D eigenvalue weighted by Gasteiger charge is 2.16. The van der Waals surface area contributed by atoms with Crippen LogP contribution in [0.3, 0.4) is 0 Å². The molecule has 1 aliphatic heterocycles. The van der Waals surface area contributed by atoms with E-state index in [1.54, 1.807) is 23.9 Å². The van der Waals surface area contributed by atoms with E-state index >= 15 is 0 Å². The first kappa shape index (κ1) is 22.1. The molecular formula is C23H26ClFN4OS. The number of hydrogen-bond acceptors (Lipinski definition) is 5. The largest absolute Gasteiger partial charge is 0.379 e. The van der Waals surface area contributed by atoms with Gasteiger partial charge in [-0.2, -0.15) is 0 Å². The van der Waals surface area contributed by atoms with Crippen molar-refractivity contribution in [1.82, 2.24) is 14.5 Å². The van der Waals surface area contributed by atoms with E-state index in [-0.39, 0.29) is 5.82 Å². The van der Waals surface area contributed by atoms with Crippen molar-refractivity contribution in [2.24, 2.45) is 0 Å². The number of imidazole rings is 1. The molecule has 5 nitrogen and oxygen atoms in total. The lowest BCUT2D eigenvalue weighted by molar-refractivity contribution is 0.0410. The summed E-state index contributed by atoms with van der Waals surface area (Å²) in [5.74, 6) is 0.722. The van der Waals surface area contributed by atoms with E-state index in [0.717, 1.165) is 60.8 Å². The monoisotopic (exact) mass is 460 g/mol. The fourth-order valence-electron chi connectivity index (χ4n) is 3.57. The molecule has 0 spiro atoms. The summed E-state index contributed by atoms with van der Waals surface area (Å²) < 4.78 is 20.9. The van der Waals surface area contributed by atoms with Gasteiger partial charge in [0.1, 0.15) is 5.82 Å². The third-order valence-electron chi connectivity index (χ3n) is 5.30. The summed E-state index contributed by atoms with van der Waals surface area (Å²) in [4.78, 5) is 9.24. The van der Waals surface area contributed by atoms with Gasteiger partial charge in [0.2, 0.25) is 0 Å². The van der Waals surface area contributed by atoms with Gasteiger partial charge in [-0.3, -0.25) is 9.47 Å². The van der Waals surface area contributed by atoms with Gasteiger partial charge in [0, 0.05) is 48.8 Å². The maximum atomic E-state index is 13.3. The Morgan fingerprint density at radius 1 is 1.10 bits per heavy atom. The Kier molecular flexibility index (Phi) is 7.50. The van der Waals surface area contributed by atoms with Crippen LogP contribution in [0.2, 0.25) is 5.02 Å². The minimum atomic E-state index is -0.234. The van der Waals surface area contributed by atoms with Crippen molar-refractivity contribution in [1.29, 1.82) is 0 Å². The number of ether oxygens (including phenoxy) is 1. The predicted molar refractivity (Wildman–Crippen MR) is 125 cm³/mol. The van der Waals surface area contributed by atoms with Gasteiger partial charge in [-0.15, -0.1) is 0 Å². The molecule has 0 bridgehead atoms. The normalized spacial score (nSPS) is 14.7. The number of halogens is 2. The molecule has 164 valence electrons. The molecule has 0 aliphatic carbocycles. The van der Waals surface area contributed by atoms with Crippen molar-refractivity contribution in [3.8, 4) is 5.69 Å². The summed E-state index contributed by atoms with van der Waals surface area (Å²) in [6.07, 6.45) is 1.92. The number of rotatable bonds is 8. The summed E-state index contributed by atoms with van der Waals surface area (Å²) in [6, 6.07) is 14.4. The van der Waals surface area contributed by atoms with Crippen molar-refractivity contribution in [3.63, 3.8) is 0 Å². The van der Waals surface area contributed by atoms with Crippen LogP contribution in [0.25, 0.3) is 5.69 Å². The zero-order valence-electron chi connectivity index (χ0n) is 17.5. The summed E-state index contributed by atoms with van der Waals surface area (Å²) in [6.45, 7) is 5.24. The van der Waals surface area contributed by atoms with Crippen LogP contribution in [0.4, 0.5) is 10.1 Å². The second-order valence-corrected chi connectivity index (χ2v) is 8.98. The first-order chi connectivity index (χ1) is 15.1. The predicted octanol–water partition coefficient (Wildman–Crippen LogP) is 4.73. The van der Waals surface area contributed by atoms with Gasteiger partial charge in [0.05, 0.1) is 31.6 Å². The Morgan fingerprint density at radius 3 is 2.52 bits per heavy atom. The van der Waals surface area contributed by atoms with Crippen LogP contribution in [0, 0.1) is 5.82 Å². The molecule has 1 aliphatic rings. The lowest BCUT2D eigenvalue weighted by Gasteiger charge is -2.26. The minimum Gasteiger partial charge on any atom is -0.379 e. The molecule has 0 N–H and O–H groups in total. The van der Waals surface area contributed by atoms with E-state index < -0.39 is 0 Å². The number of benzene rings is 2. The fourth-order valence-corrected chi connectivity index (χ4v) is 4.71. The van der Waals surface area contributed by atoms with Crippen LogP contribution in [0.1, 0.15) is 5.69 Å². The highest BCUT2D eigenvalue weighted by atomic mass is 35.5. The molecular weight excluding hydrogens is 435 g/mol. The number of thioether (sulfide) groups is 1. The highest BCUT2D eigenvalue weighted by molar-refractivity contribution is 7.99. The van der Waals surface area contributed by atoms with Crippen LogP contribution in [0.5, 0.6) is 0 Å². The molecule has 8 heteroatoms. The Labute approximate surface area is 191 Å². The van der Waals surface area contributed by atoms with Crippen molar-refractivity contribution in [2.75, 3.05) is 50.5 Å². The standard InChI is InChI=1S/C23H26ClFN4OS/c1-27(20-8-4-19(25)5-9-20)17-22-16-26-23(29(22)21-6-2-18(24)3-7-21)31-15-12-28-10-13-30-14-11-28/h2-9,16H,10-15,17H2,1H3. The molecule has 4 rings (SSSR count). The summed E-state index contributed by atoms with van der Waals surface area (Å²) in [5, 5.41) is 1.66. The van der Waals surface area contributed by atoms with Gasteiger partial charge >= 0.3 is 0 Å². The van der Waals surface area contributed by atoms with Crippen molar-refractivity contribution in [2.45, 2.75) is 11.7 Å². The highest BCUT2D eigenvalue weighted by Crippen LogP contribution is 2.26. The Morgan fingerprint density at radius 2 is 1.81 bits per heavy atom. The zero-order chi connectivity index (χ0) is 21.6. The average Bonchev–Trinajstić information content (AvgIpc) is 3.17.